The quantitative estimate of drug-likeness (QED) is 0.356. The maximum atomic E-state index is 14.7. The third kappa shape index (κ3) is 6.45. The van der Waals surface area contributed by atoms with Crippen molar-refractivity contribution in [2.75, 3.05) is 29.6 Å². The van der Waals surface area contributed by atoms with Gasteiger partial charge in [-0.25, -0.2) is 4.39 Å². The normalized spacial score (nSPS) is 23.4. The first-order valence-electron chi connectivity index (χ1n) is 13.5. The Morgan fingerprint density at radius 3 is 2.42 bits per heavy atom. The van der Waals surface area contributed by atoms with Gasteiger partial charge in [0.25, 0.3) is 0 Å². The van der Waals surface area contributed by atoms with E-state index in [0.717, 1.165) is 5.01 Å². The van der Waals surface area contributed by atoms with Gasteiger partial charge in [0.05, 0.1) is 30.4 Å². The number of carboxylic acids is 1. The first-order valence-corrected chi connectivity index (χ1v) is 13.5. The lowest BCUT2D eigenvalue weighted by Gasteiger charge is -2.41. The van der Waals surface area contributed by atoms with Crippen molar-refractivity contribution < 1.29 is 36.9 Å². The number of piperidine rings is 1. The second-order valence-corrected chi connectivity index (χ2v) is 10.6. The maximum Gasteiger partial charge on any atom is 0.431 e. The van der Waals surface area contributed by atoms with E-state index in [0.29, 0.717) is 49.0 Å². The van der Waals surface area contributed by atoms with Crippen LogP contribution in [-0.2, 0) is 4.79 Å². The number of rotatable bonds is 9. The van der Waals surface area contributed by atoms with Gasteiger partial charge in [0.1, 0.15) is 29.1 Å². The van der Waals surface area contributed by atoms with Gasteiger partial charge in [-0.3, -0.25) is 9.80 Å². The lowest BCUT2D eigenvalue weighted by Crippen LogP contribution is -2.48. The van der Waals surface area contributed by atoms with Crippen molar-refractivity contribution in [3.8, 4) is 11.5 Å². The van der Waals surface area contributed by atoms with Gasteiger partial charge in [0.2, 0.25) is 0 Å². The lowest BCUT2D eigenvalue weighted by atomic mass is 9.85. The zero-order valence-electron chi connectivity index (χ0n) is 23.0. The standard InChI is InChI=1S/C29H35F4N3O4/c1-5-39-21-10-11-23(30)25(14-21)35-13-12-26(22(16-35)17(2)3)40-20-8-6-19(7-9-20)36-24(15-27(37)38)18(4)28(34-36)29(31,32)33/h6-11,14,17-18,22,24,26H,5,12-13,15-16H2,1-4H3,(H,37,38)/t18-,22?,24-,26?/m0/s1. The van der Waals surface area contributed by atoms with Crippen molar-refractivity contribution in [1.82, 2.24) is 0 Å². The van der Waals surface area contributed by atoms with Crippen molar-refractivity contribution in [3.63, 3.8) is 0 Å². The highest BCUT2D eigenvalue weighted by molar-refractivity contribution is 5.95. The number of carbonyl (C=O) groups is 1. The molecule has 0 amide bonds. The molecule has 0 bridgehead atoms. The fourth-order valence-corrected chi connectivity index (χ4v) is 5.49. The molecule has 0 aliphatic carbocycles. The molecule has 2 aromatic rings. The molecular formula is C29H35F4N3O4. The van der Waals surface area contributed by atoms with Crippen molar-refractivity contribution in [2.45, 2.75) is 58.9 Å². The summed E-state index contributed by atoms with van der Waals surface area (Å²) in [5.74, 6) is -1.12. The van der Waals surface area contributed by atoms with Gasteiger partial charge in [0.15, 0.2) is 0 Å². The largest absolute Gasteiger partial charge is 0.494 e. The van der Waals surface area contributed by atoms with E-state index in [2.05, 4.69) is 18.9 Å². The first-order chi connectivity index (χ1) is 18.9. The van der Waals surface area contributed by atoms with E-state index in [-0.39, 0.29) is 23.8 Å². The summed E-state index contributed by atoms with van der Waals surface area (Å²) >= 11 is 0. The number of anilines is 2. The van der Waals surface area contributed by atoms with Gasteiger partial charge in [-0.15, -0.1) is 0 Å². The molecule has 0 aromatic heterocycles. The van der Waals surface area contributed by atoms with E-state index in [9.17, 15) is 27.5 Å². The molecule has 1 saturated heterocycles. The Hall–Kier alpha value is -3.50. The summed E-state index contributed by atoms with van der Waals surface area (Å²) in [6, 6.07) is 10.3. The molecule has 2 aromatic carbocycles. The fourth-order valence-electron chi connectivity index (χ4n) is 5.49. The minimum absolute atomic E-state index is 0.0851. The zero-order chi connectivity index (χ0) is 29.2. The number of alkyl halides is 3. The second kappa shape index (κ2) is 11.9. The molecule has 2 aliphatic heterocycles. The number of benzene rings is 2. The first kappa shape index (κ1) is 29.5. The summed E-state index contributed by atoms with van der Waals surface area (Å²) in [5.41, 5.74) is -0.146. The molecule has 0 radical (unpaired) electrons. The van der Waals surface area contributed by atoms with E-state index in [1.54, 1.807) is 36.4 Å². The molecule has 0 saturated carbocycles. The Kier molecular flexibility index (Phi) is 8.80. The van der Waals surface area contributed by atoms with Crippen LogP contribution in [0.4, 0.5) is 28.9 Å². The van der Waals surface area contributed by atoms with Crippen LogP contribution in [0, 0.1) is 23.6 Å². The molecule has 11 heteroatoms. The summed E-state index contributed by atoms with van der Waals surface area (Å²) < 4.78 is 67.1. The molecule has 2 aliphatic rings. The Bertz CT molecular complexity index is 1220. The third-order valence-electron chi connectivity index (χ3n) is 7.62. The van der Waals surface area contributed by atoms with Crippen LogP contribution in [0.25, 0.3) is 0 Å². The number of hydrogen-bond acceptors (Lipinski definition) is 6. The predicted octanol–water partition coefficient (Wildman–Crippen LogP) is 6.37. The molecule has 2 heterocycles. The van der Waals surface area contributed by atoms with E-state index >= 15 is 0 Å². The van der Waals surface area contributed by atoms with Crippen LogP contribution in [0.3, 0.4) is 0 Å². The Labute approximate surface area is 231 Å². The number of carboxylic acid groups (broad SMARTS) is 1. The van der Waals surface area contributed by atoms with Crippen LogP contribution >= 0.6 is 0 Å². The fraction of sp³-hybridized carbons (Fsp3) is 0.517. The number of hydrazone groups is 1. The number of hydrogen-bond donors (Lipinski definition) is 1. The van der Waals surface area contributed by atoms with E-state index in [4.69, 9.17) is 9.47 Å². The Balaban J connectivity index is 1.49. The minimum atomic E-state index is -4.65. The maximum absolute atomic E-state index is 14.7. The minimum Gasteiger partial charge on any atom is -0.494 e. The second-order valence-electron chi connectivity index (χ2n) is 10.6. The van der Waals surface area contributed by atoms with Crippen LogP contribution in [0.1, 0.15) is 40.5 Å². The summed E-state index contributed by atoms with van der Waals surface area (Å²) in [6.45, 7) is 9.05. The number of aliphatic carboxylic acids is 1. The average molecular weight is 566 g/mol. The third-order valence-corrected chi connectivity index (χ3v) is 7.62. The summed E-state index contributed by atoms with van der Waals surface area (Å²) in [4.78, 5) is 13.4. The van der Waals surface area contributed by atoms with Gasteiger partial charge in [-0.05, 0) is 49.2 Å². The van der Waals surface area contributed by atoms with Gasteiger partial charge in [-0.1, -0.05) is 20.8 Å². The highest BCUT2D eigenvalue weighted by Gasteiger charge is 2.48. The van der Waals surface area contributed by atoms with Crippen molar-refractivity contribution in [2.24, 2.45) is 22.9 Å². The molecule has 4 rings (SSSR count). The van der Waals surface area contributed by atoms with Crippen LogP contribution in [0.15, 0.2) is 47.6 Å². The predicted molar refractivity (Wildman–Crippen MR) is 145 cm³/mol. The SMILES string of the molecule is CCOc1ccc(F)c(N2CCC(Oc3ccc(N4N=C(C(F)(F)F)[C@@H](C)[C@@H]4CC(=O)O)cc3)C(C(C)C)C2)c1. The lowest BCUT2D eigenvalue weighted by molar-refractivity contribution is -0.137. The molecule has 0 spiro atoms. The zero-order valence-corrected chi connectivity index (χ0v) is 23.0. The molecule has 4 atom stereocenters. The van der Waals surface area contributed by atoms with E-state index in [1.165, 1.54) is 13.0 Å². The monoisotopic (exact) mass is 565 g/mol. The highest BCUT2D eigenvalue weighted by atomic mass is 19.4. The number of halogens is 4. The molecule has 7 nitrogen and oxygen atoms in total. The van der Waals surface area contributed by atoms with Crippen LogP contribution in [0.2, 0.25) is 0 Å². The molecular weight excluding hydrogens is 530 g/mol. The van der Waals surface area contributed by atoms with Crippen LogP contribution in [-0.4, -0.2) is 54.8 Å². The smallest absolute Gasteiger partial charge is 0.431 e. The van der Waals surface area contributed by atoms with Crippen LogP contribution < -0.4 is 19.4 Å². The van der Waals surface area contributed by atoms with Gasteiger partial charge in [-0.2, -0.15) is 18.3 Å². The molecule has 218 valence electrons. The topological polar surface area (TPSA) is 74.6 Å². The summed E-state index contributed by atoms with van der Waals surface area (Å²) in [5, 5.41) is 14.2. The summed E-state index contributed by atoms with van der Waals surface area (Å²) in [7, 11) is 0. The average Bonchev–Trinajstić information content (AvgIpc) is 3.22. The number of ether oxygens (including phenoxy) is 2. The van der Waals surface area contributed by atoms with Crippen molar-refractivity contribution in [3.05, 3.63) is 48.3 Å². The molecule has 1 fully saturated rings. The molecule has 40 heavy (non-hydrogen) atoms. The van der Waals surface area contributed by atoms with Gasteiger partial charge in [0, 0.05) is 37.4 Å². The number of nitrogens with zero attached hydrogens (tertiary/aromatic N) is 3. The van der Waals surface area contributed by atoms with Crippen molar-refractivity contribution in [1.29, 1.82) is 0 Å². The van der Waals surface area contributed by atoms with Gasteiger partial charge >= 0.3 is 12.1 Å². The van der Waals surface area contributed by atoms with E-state index in [1.807, 2.05) is 11.8 Å². The molecule has 1 N–H and O–H groups in total. The van der Waals surface area contributed by atoms with Gasteiger partial charge < -0.3 is 19.5 Å². The molecule has 2 unspecified atom stereocenters. The van der Waals surface area contributed by atoms with Crippen molar-refractivity contribution >= 4 is 23.1 Å². The highest BCUT2D eigenvalue weighted by Crippen LogP contribution is 2.38. The van der Waals surface area contributed by atoms with Crippen LogP contribution in [0.5, 0.6) is 11.5 Å². The van der Waals surface area contributed by atoms with E-state index < -0.39 is 36.2 Å². The summed E-state index contributed by atoms with van der Waals surface area (Å²) in [6.07, 6.45) is -4.64. The Morgan fingerprint density at radius 1 is 1.15 bits per heavy atom. The Morgan fingerprint density at radius 2 is 1.82 bits per heavy atom.